The molecule has 0 bridgehead atoms. The molecule has 0 heterocycles. The number of anilines is 1. The molecular weight excluding hydrogens is 385 g/mol. The van der Waals surface area contributed by atoms with Crippen molar-refractivity contribution in [1.29, 1.82) is 0 Å². The normalized spacial score (nSPS) is 12.0. The molecule has 1 N–H and O–H groups in total. The van der Waals surface area contributed by atoms with Crippen molar-refractivity contribution in [2.24, 2.45) is 0 Å². The van der Waals surface area contributed by atoms with E-state index in [9.17, 15) is 31.7 Å². The first-order valence-corrected chi connectivity index (χ1v) is 8.42. The molecule has 0 fully saturated rings. The fraction of sp³-hybridized carbons (Fsp3) is 0.143. The largest absolute Gasteiger partial charge is 0.416 e. The Morgan fingerprint density at radius 1 is 1.16 bits per heavy atom. The fourth-order valence-electron chi connectivity index (χ4n) is 1.91. The second-order valence-electron chi connectivity index (χ2n) is 5.03. The highest BCUT2D eigenvalue weighted by molar-refractivity contribution is 7.92. The summed E-state index contributed by atoms with van der Waals surface area (Å²) < 4.78 is 64.8. The van der Waals surface area contributed by atoms with Crippen molar-refractivity contribution in [3.8, 4) is 0 Å². The number of nitrogens with one attached hydrogen (secondary N) is 1. The number of nitro groups is 1. The van der Waals surface area contributed by atoms with Gasteiger partial charge in [0.25, 0.3) is 15.7 Å². The first-order chi connectivity index (χ1) is 11.4. The van der Waals surface area contributed by atoms with Crippen LogP contribution in [-0.2, 0) is 16.2 Å². The van der Waals surface area contributed by atoms with Gasteiger partial charge in [0.1, 0.15) is 5.69 Å². The van der Waals surface area contributed by atoms with Gasteiger partial charge in [0.15, 0.2) is 0 Å². The van der Waals surface area contributed by atoms with Gasteiger partial charge < -0.3 is 0 Å². The summed E-state index contributed by atoms with van der Waals surface area (Å²) in [5.74, 6) is 0. The topological polar surface area (TPSA) is 89.3 Å². The van der Waals surface area contributed by atoms with E-state index in [2.05, 4.69) is 0 Å². The zero-order valence-corrected chi connectivity index (χ0v) is 14.0. The van der Waals surface area contributed by atoms with E-state index in [0.29, 0.717) is 6.07 Å². The zero-order valence-electron chi connectivity index (χ0n) is 12.5. The van der Waals surface area contributed by atoms with Crippen LogP contribution in [0.4, 0.5) is 24.5 Å². The van der Waals surface area contributed by atoms with Gasteiger partial charge in [-0.15, -0.1) is 0 Å². The Hall–Kier alpha value is -2.33. The summed E-state index contributed by atoms with van der Waals surface area (Å²) in [7, 11) is -4.28. The summed E-state index contributed by atoms with van der Waals surface area (Å²) in [6.45, 7) is 1.72. The monoisotopic (exact) mass is 394 g/mol. The van der Waals surface area contributed by atoms with Gasteiger partial charge in [-0.05, 0) is 25.1 Å². The molecule has 0 radical (unpaired) electrons. The number of rotatable bonds is 4. The van der Waals surface area contributed by atoms with Gasteiger partial charge in [-0.25, -0.2) is 8.42 Å². The van der Waals surface area contributed by atoms with Crippen molar-refractivity contribution in [2.45, 2.75) is 18.0 Å². The molecule has 11 heteroatoms. The standard InChI is InChI=1S/C14H10ClF3N2O4S/c1-8-2-4-10(5-3-8)25(23,24)19-13-11(15)6-9(14(16,17)18)7-12(13)20(21)22/h2-7,19H,1H3. The maximum Gasteiger partial charge on any atom is 0.416 e. The lowest BCUT2D eigenvalue weighted by Crippen LogP contribution is -2.15. The molecule has 0 aliphatic rings. The third kappa shape index (κ3) is 4.20. The van der Waals surface area contributed by atoms with Crippen molar-refractivity contribution >= 4 is 33.0 Å². The Bertz CT molecular complexity index is 928. The average Bonchev–Trinajstić information content (AvgIpc) is 2.48. The van der Waals surface area contributed by atoms with Gasteiger partial charge in [-0.2, -0.15) is 13.2 Å². The van der Waals surface area contributed by atoms with Crippen molar-refractivity contribution in [2.75, 3.05) is 4.72 Å². The predicted octanol–water partition coefficient (Wildman–Crippen LogP) is 4.38. The van der Waals surface area contributed by atoms with Crippen LogP contribution in [0.2, 0.25) is 5.02 Å². The van der Waals surface area contributed by atoms with E-state index >= 15 is 0 Å². The second kappa shape index (κ2) is 6.52. The van der Waals surface area contributed by atoms with E-state index in [4.69, 9.17) is 11.6 Å². The maximum absolute atomic E-state index is 12.8. The smallest absolute Gasteiger partial charge is 0.272 e. The number of halogens is 4. The van der Waals surface area contributed by atoms with Gasteiger partial charge in [-0.1, -0.05) is 29.3 Å². The van der Waals surface area contributed by atoms with Crippen LogP contribution in [0, 0.1) is 17.0 Å². The lowest BCUT2D eigenvalue weighted by molar-refractivity contribution is -0.384. The third-order valence-electron chi connectivity index (χ3n) is 3.16. The molecule has 2 rings (SSSR count). The minimum absolute atomic E-state index is 0.219. The van der Waals surface area contributed by atoms with Gasteiger partial charge in [-0.3, -0.25) is 14.8 Å². The second-order valence-corrected chi connectivity index (χ2v) is 7.12. The van der Waals surface area contributed by atoms with E-state index in [1.54, 1.807) is 6.92 Å². The van der Waals surface area contributed by atoms with Crippen LogP contribution in [0.5, 0.6) is 0 Å². The van der Waals surface area contributed by atoms with E-state index in [1.165, 1.54) is 24.3 Å². The van der Waals surface area contributed by atoms with Crippen LogP contribution in [0.1, 0.15) is 11.1 Å². The van der Waals surface area contributed by atoms with E-state index in [1.807, 2.05) is 4.72 Å². The Balaban J connectivity index is 2.55. The van der Waals surface area contributed by atoms with Crippen LogP contribution >= 0.6 is 11.6 Å². The molecule has 134 valence electrons. The maximum atomic E-state index is 12.8. The first-order valence-electron chi connectivity index (χ1n) is 6.56. The number of hydrogen-bond donors (Lipinski definition) is 1. The molecule has 0 saturated heterocycles. The molecule has 0 unspecified atom stereocenters. The van der Waals surface area contributed by atoms with E-state index < -0.39 is 43.1 Å². The molecule has 0 spiro atoms. The van der Waals surface area contributed by atoms with Crippen molar-refractivity contribution < 1.29 is 26.5 Å². The average molecular weight is 395 g/mol. The summed E-state index contributed by atoms with van der Waals surface area (Å²) in [5.41, 5.74) is -2.42. The Morgan fingerprint density at radius 3 is 2.20 bits per heavy atom. The van der Waals surface area contributed by atoms with Crippen LogP contribution in [0.3, 0.4) is 0 Å². The number of aryl methyl sites for hydroxylation is 1. The Kier molecular flexibility index (Phi) is 4.96. The summed E-state index contributed by atoms with van der Waals surface area (Å²) in [6, 6.07) is 6.14. The summed E-state index contributed by atoms with van der Waals surface area (Å²) >= 11 is 5.67. The van der Waals surface area contributed by atoms with Gasteiger partial charge in [0.2, 0.25) is 0 Å². The zero-order chi connectivity index (χ0) is 19.0. The van der Waals surface area contributed by atoms with Gasteiger partial charge in [0, 0.05) is 6.07 Å². The number of benzene rings is 2. The van der Waals surface area contributed by atoms with Crippen molar-refractivity contribution in [3.63, 3.8) is 0 Å². The highest BCUT2D eigenvalue weighted by Crippen LogP contribution is 2.40. The molecule has 25 heavy (non-hydrogen) atoms. The SMILES string of the molecule is Cc1ccc(S(=O)(=O)Nc2c(Cl)cc(C(F)(F)F)cc2[N+](=O)[O-])cc1. The molecule has 0 atom stereocenters. The minimum atomic E-state index is -4.87. The summed E-state index contributed by atoms with van der Waals surface area (Å²) in [4.78, 5) is 9.70. The third-order valence-corrected chi connectivity index (χ3v) is 4.82. The first kappa shape index (κ1) is 19.0. The highest BCUT2D eigenvalue weighted by Gasteiger charge is 2.35. The Morgan fingerprint density at radius 2 is 1.72 bits per heavy atom. The quantitative estimate of drug-likeness (QED) is 0.615. The molecule has 0 saturated carbocycles. The number of nitro benzene ring substituents is 1. The fourth-order valence-corrected chi connectivity index (χ4v) is 3.32. The lowest BCUT2D eigenvalue weighted by atomic mass is 10.1. The number of alkyl halides is 3. The van der Waals surface area contributed by atoms with Crippen LogP contribution in [-0.4, -0.2) is 13.3 Å². The molecule has 0 aromatic heterocycles. The molecule has 0 aliphatic carbocycles. The number of nitrogens with zero attached hydrogens (tertiary/aromatic N) is 1. The molecule has 6 nitrogen and oxygen atoms in total. The predicted molar refractivity (Wildman–Crippen MR) is 85.1 cm³/mol. The minimum Gasteiger partial charge on any atom is -0.272 e. The molecule has 2 aromatic rings. The number of hydrogen-bond acceptors (Lipinski definition) is 4. The van der Waals surface area contributed by atoms with Gasteiger partial charge >= 0.3 is 6.18 Å². The van der Waals surface area contributed by atoms with Crippen LogP contribution < -0.4 is 4.72 Å². The lowest BCUT2D eigenvalue weighted by Gasteiger charge is -2.13. The molecule has 2 aromatic carbocycles. The van der Waals surface area contributed by atoms with Crippen molar-refractivity contribution in [1.82, 2.24) is 0 Å². The van der Waals surface area contributed by atoms with E-state index in [0.717, 1.165) is 5.56 Å². The number of sulfonamides is 1. The van der Waals surface area contributed by atoms with Crippen LogP contribution in [0.15, 0.2) is 41.3 Å². The highest BCUT2D eigenvalue weighted by atomic mass is 35.5. The van der Waals surface area contributed by atoms with Crippen LogP contribution in [0.25, 0.3) is 0 Å². The van der Waals surface area contributed by atoms with Gasteiger partial charge in [0.05, 0.1) is 20.4 Å². The van der Waals surface area contributed by atoms with Crippen molar-refractivity contribution in [3.05, 3.63) is 62.7 Å². The molecule has 0 amide bonds. The summed E-state index contributed by atoms with van der Waals surface area (Å²) in [5, 5.41) is 10.3. The summed E-state index contributed by atoms with van der Waals surface area (Å²) in [6.07, 6.45) is -4.87. The van der Waals surface area contributed by atoms with E-state index in [-0.39, 0.29) is 11.0 Å². The Labute approximate surface area is 145 Å². The molecule has 0 aliphatic heterocycles. The molecular formula is C14H10ClF3N2O4S.